The number of nitrogens with zero attached hydrogens (tertiary/aromatic N) is 5. The molecule has 2 aromatic heterocycles. The zero-order valence-corrected chi connectivity index (χ0v) is 12.4. The minimum Gasteiger partial charge on any atom is -0.396 e. The Kier molecular flexibility index (Phi) is 4.06. The van der Waals surface area contributed by atoms with Crippen molar-refractivity contribution in [2.24, 2.45) is 0 Å². The molecule has 2 aromatic rings. The molecule has 3 heterocycles. The van der Waals surface area contributed by atoms with Gasteiger partial charge in [0.1, 0.15) is 0 Å². The van der Waals surface area contributed by atoms with Crippen LogP contribution in [0.25, 0.3) is 0 Å². The summed E-state index contributed by atoms with van der Waals surface area (Å²) in [4.78, 5) is 8.85. The van der Waals surface area contributed by atoms with Crippen LogP contribution in [0.4, 0.5) is 11.4 Å². The number of aromatic nitrogens is 3. The standard InChI is InChI=1S/C15H22N6/c1-2-21-12-13(9-18-21)11-19-5-7-20(8-6-19)15-3-4-17-10-14(15)16/h3-4,9-10,12H,2,5-8,11,16H2,1H3. The second-order valence-electron chi connectivity index (χ2n) is 5.40. The van der Waals surface area contributed by atoms with Gasteiger partial charge in [0, 0.05) is 57.2 Å². The van der Waals surface area contributed by atoms with Crippen LogP contribution in [0.5, 0.6) is 0 Å². The van der Waals surface area contributed by atoms with Crippen LogP contribution in [-0.2, 0) is 13.1 Å². The van der Waals surface area contributed by atoms with Gasteiger partial charge in [-0.05, 0) is 13.0 Å². The van der Waals surface area contributed by atoms with E-state index in [0.717, 1.165) is 50.6 Å². The van der Waals surface area contributed by atoms with E-state index in [2.05, 4.69) is 33.0 Å². The van der Waals surface area contributed by atoms with E-state index in [-0.39, 0.29) is 0 Å². The molecule has 0 unspecified atom stereocenters. The fraction of sp³-hybridized carbons (Fsp3) is 0.467. The van der Waals surface area contributed by atoms with Crippen LogP contribution in [0.1, 0.15) is 12.5 Å². The van der Waals surface area contributed by atoms with Crippen molar-refractivity contribution < 1.29 is 0 Å². The van der Waals surface area contributed by atoms with E-state index in [1.807, 2.05) is 16.9 Å². The van der Waals surface area contributed by atoms with Crippen molar-refractivity contribution in [3.8, 4) is 0 Å². The summed E-state index contributed by atoms with van der Waals surface area (Å²) in [5, 5.41) is 4.33. The first-order chi connectivity index (χ1) is 10.3. The highest BCUT2D eigenvalue weighted by atomic mass is 15.3. The second kappa shape index (κ2) is 6.13. The predicted molar refractivity (Wildman–Crippen MR) is 84.0 cm³/mol. The molecule has 2 N–H and O–H groups in total. The molecule has 0 spiro atoms. The summed E-state index contributed by atoms with van der Waals surface area (Å²) in [6, 6.07) is 2.00. The average Bonchev–Trinajstić information content (AvgIpc) is 2.96. The van der Waals surface area contributed by atoms with E-state index >= 15 is 0 Å². The zero-order chi connectivity index (χ0) is 14.7. The SMILES string of the molecule is CCn1cc(CN2CCN(c3ccncc3N)CC2)cn1. The summed E-state index contributed by atoms with van der Waals surface area (Å²) >= 11 is 0. The molecule has 0 bridgehead atoms. The van der Waals surface area contributed by atoms with Gasteiger partial charge in [-0.15, -0.1) is 0 Å². The lowest BCUT2D eigenvalue weighted by atomic mass is 10.2. The first kappa shape index (κ1) is 13.9. The molecule has 1 aliphatic rings. The third-order valence-electron chi connectivity index (χ3n) is 3.96. The number of piperazine rings is 1. The Hall–Kier alpha value is -2.08. The van der Waals surface area contributed by atoms with Crippen molar-refractivity contribution in [2.75, 3.05) is 36.8 Å². The molecule has 0 atom stereocenters. The van der Waals surface area contributed by atoms with Crippen LogP contribution in [-0.4, -0.2) is 45.8 Å². The summed E-state index contributed by atoms with van der Waals surface area (Å²) in [7, 11) is 0. The third-order valence-corrected chi connectivity index (χ3v) is 3.96. The quantitative estimate of drug-likeness (QED) is 0.915. The monoisotopic (exact) mass is 286 g/mol. The molecule has 1 fully saturated rings. The van der Waals surface area contributed by atoms with Gasteiger partial charge >= 0.3 is 0 Å². The van der Waals surface area contributed by atoms with Crippen molar-refractivity contribution in [2.45, 2.75) is 20.0 Å². The van der Waals surface area contributed by atoms with Gasteiger partial charge < -0.3 is 10.6 Å². The summed E-state index contributed by atoms with van der Waals surface area (Å²) < 4.78 is 1.98. The van der Waals surface area contributed by atoms with E-state index in [9.17, 15) is 0 Å². The summed E-state index contributed by atoms with van der Waals surface area (Å²) in [6.07, 6.45) is 7.63. The summed E-state index contributed by atoms with van der Waals surface area (Å²) in [6.45, 7) is 8.08. The van der Waals surface area contributed by atoms with Crippen LogP contribution in [0, 0.1) is 0 Å². The maximum absolute atomic E-state index is 6.00. The smallest absolute Gasteiger partial charge is 0.0738 e. The van der Waals surface area contributed by atoms with Crippen molar-refractivity contribution in [3.05, 3.63) is 36.4 Å². The lowest BCUT2D eigenvalue weighted by Crippen LogP contribution is -2.46. The molecule has 6 nitrogen and oxygen atoms in total. The summed E-state index contributed by atoms with van der Waals surface area (Å²) in [5.74, 6) is 0. The van der Waals surface area contributed by atoms with Gasteiger partial charge in [0.2, 0.25) is 0 Å². The molecule has 0 aromatic carbocycles. The highest BCUT2D eigenvalue weighted by Gasteiger charge is 2.19. The van der Waals surface area contributed by atoms with Gasteiger partial charge in [-0.3, -0.25) is 14.6 Å². The Balaban J connectivity index is 1.56. The molecule has 1 aliphatic heterocycles. The van der Waals surface area contributed by atoms with Gasteiger partial charge in [-0.25, -0.2) is 0 Å². The minimum atomic E-state index is 0.759. The Morgan fingerprint density at radius 2 is 2.00 bits per heavy atom. The second-order valence-corrected chi connectivity index (χ2v) is 5.40. The third kappa shape index (κ3) is 3.16. The van der Waals surface area contributed by atoms with E-state index < -0.39 is 0 Å². The number of hydrogen-bond donors (Lipinski definition) is 1. The Bertz CT molecular complexity index is 585. The predicted octanol–water partition coefficient (Wildman–Crippen LogP) is 1.20. The molecule has 0 amide bonds. The molecule has 1 saturated heterocycles. The van der Waals surface area contributed by atoms with Crippen LogP contribution in [0.3, 0.4) is 0 Å². The van der Waals surface area contributed by atoms with Gasteiger partial charge in [0.15, 0.2) is 0 Å². The first-order valence-corrected chi connectivity index (χ1v) is 7.44. The van der Waals surface area contributed by atoms with Crippen LogP contribution < -0.4 is 10.6 Å². The molecule has 0 aliphatic carbocycles. The van der Waals surface area contributed by atoms with Gasteiger partial charge in [0.25, 0.3) is 0 Å². The number of aryl methyl sites for hydroxylation is 1. The lowest BCUT2D eigenvalue weighted by Gasteiger charge is -2.36. The number of hydrogen-bond acceptors (Lipinski definition) is 5. The van der Waals surface area contributed by atoms with Crippen molar-refractivity contribution in [1.29, 1.82) is 0 Å². The number of pyridine rings is 1. The average molecular weight is 286 g/mol. The largest absolute Gasteiger partial charge is 0.396 e. The van der Waals surface area contributed by atoms with Crippen LogP contribution in [0.15, 0.2) is 30.9 Å². The highest BCUT2D eigenvalue weighted by Crippen LogP contribution is 2.22. The van der Waals surface area contributed by atoms with Gasteiger partial charge in [0.05, 0.1) is 23.8 Å². The molecule has 3 rings (SSSR count). The molecule has 0 radical (unpaired) electrons. The number of rotatable bonds is 4. The molecule has 0 saturated carbocycles. The van der Waals surface area contributed by atoms with Gasteiger partial charge in [-0.1, -0.05) is 0 Å². The molecule has 6 heteroatoms. The van der Waals surface area contributed by atoms with E-state index in [4.69, 9.17) is 5.73 Å². The molecular weight excluding hydrogens is 264 g/mol. The Labute approximate surface area is 125 Å². The number of anilines is 2. The Morgan fingerprint density at radius 1 is 1.19 bits per heavy atom. The zero-order valence-electron chi connectivity index (χ0n) is 12.4. The number of nitrogen functional groups attached to an aromatic ring is 1. The maximum Gasteiger partial charge on any atom is 0.0738 e. The minimum absolute atomic E-state index is 0.759. The van der Waals surface area contributed by atoms with E-state index in [1.54, 1.807) is 12.4 Å². The fourth-order valence-corrected chi connectivity index (χ4v) is 2.75. The Morgan fingerprint density at radius 3 is 2.67 bits per heavy atom. The maximum atomic E-state index is 6.00. The molecule has 21 heavy (non-hydrogen) atoms. The van der Waals surface area contributed by atoms with Crippen LogP contribution >= 0.6 is 0 Å². The molecule has 112 valence electrons. The summed E-state index contributed by atoms with van der Waals surface area (Å²) in [5.41, 5.74) is 9.14. The van der Waals surface area contributed by atoms with Crippen molar-refractivity contribution >= 4 is 11.4 Å². The fourth-order valence-electron chi connectivity index (χ4n) is 2.75. The first-order valence-electron chi connectivity index (χ1n) is 7.44. The van der Waals surface area contributed by atoms with Crippen molar-refractivity contribution in [1.82, 2.24) is 19.7 Å². The molecular formula is C15H22N6. The lowest BCUT2D eigenvalue weighted by molar-refractivity contribution is 0.250. The normalized spacial score (nSPS) is 16.3. The van der Waals surface area contributed by atoms with E-state index in [0.29, 0.717) is 0 Å². The highest BCUT2D eigenvalue weighted by molar-refractivity contribution is 5.66. The van der Waals surface area contributed by atoms with Crippen LogP contribution in [0.2, 0.25) is 0 Å². The number of nitrogens with two attached hydrogens (primary N) is 1. The van der Waals surface area contributed by atoms with Gasteiger partial charge in [-0.2, -0.15) is 5.10 Å². The topological polar surface area (TPSA) is 63.2 Å². The van der Waals surface area contributed by atoms with Crippen molar-refractivity contribution in [3.63, 3.8) is 0 Å². The van der Waals surface area contributed by atoms with E-state index in [1.165, 1.54) is 5.56 Å².